The molecule has 5 atom stereocenters. The monoisotopic (exact) mass is 506 g/mol. The Morgan fingerprint density at radius 3 is 1.76 bits per heavy atom. The van der Waals surface area contributed by atoms with Crippen molar-refractivity contribution in [3.05, 3.63) is 108 Å². The van der Waals surface area contributed by atoms with Crippen molar-refractivity contribution in [3.63, 3.8) is 0 Å². The predicted octanol–water partition coefficient (Wildman–Crippen LogP) is 2.91. The van der Waals surface area contributed by atoms with Crippen LogP contribution in [0.15, 0.2) is 91.0 Å². The summed E-state index contributed by atoms with van der Waals surface area (Å²) in [6.07, 6.45) is -7.59. The Kier molecular flexibility index (Phi) is 8.63. The molecule has 1 N–H and O–H groups in total. The highest BCUT2D eigenvalue weighted by Crippen LogP contribution is 2.30. The second-order valence-corrected chi connectivity index (χ2v) is 8.21. The van der Waals surface area contributed by atoms with Crippen molar-refractivity contribution in [1.82, 2.24) is 0 Å². The lowest BCUT2D eigenvalue weighted by Crippen LogP contribution is -2.62. The van der Waals surface area contributed by atoms with Gasteiger partial charge in [0.25, 0.3) is 0 Å². The number of rotatable bonds is 8. The summed E-state index contributed by atoms with van der Waals surface area (Å²) < 4.78 is 27.7. The molecule has 9 heteroatoms. The lowest BCUT2D eigenvalue weighted by molar-refractivity contribution is -0.296. The van der Waals surface area contributed by atoms with E-state index in [1.54, 1.807) is 48.5 Å². The van der Waals surface area contributed by atoms with Gasteiger partial charge in [0, 0.05) is 0 Å². The van der Waals surface area contributed by atoms with Gasteiger partial charge in [0.1, 0.15) is 6.10 Å². The summed E-state index contributed by atoms with van der Waals surface area (Å²) in [5.74, 6) is -2.46. The zero-order chi connectivity index (χ0) is 26.2. The first-order valence-corrected chi connectivity index (χ1v) is 11.6. The molecule has 0 spiro atoms. The van der Waals surface area contributed by atoms with Crippen LogP contribution in [-0.2, 0) is 35.1 Å². The number of ether oxygens (including phenoxy) is 5. The standard InChI is InChI=1S/C28H26O9/c1-33-27(32)23-21(29)22(35-25(30)19-13-7-3-8-14-19)24(36-26(31)20-15-9-4-10-16-20)28(37-23)34-17-18-11-5-2-6-12-18/h2-16,21-24,28-29H,17H2,1H3/t21-,22-,23?,24?,28+/m0/s1. The maximum Gasteiger partial charge on any atom is 0.338 e. The molecule has 1 saturated heterocycles. The van der Waals surface area contributed by atoms with Crippen LogP contribution in [-0.4, -0.2) is 60.8 Å². The molecule has 2 unspecified atom stereocenters. The van der Waals surface area contributed by atoms with E-state index in [1.807, 2.05) is 30.3 Å². The van der Waals surface area contributed by atoms with Gasteiger partial charge in [-0.2, -0.15) is 0 Å². The third-order valence-corrected chi connectivity index (χ3v) is 5.72. The third-order valence-electron chi connectivity index (χ3n) is 5.72. The molecule has 0 amide bonds. The number of esters is 3. The molecule has 0 saturated carbocycles. The average Bonchev–Trinajstić information content (AvgIpc) is 2.95. The summed E-state index contributed by atoms with van der Waals surface area (Å²) in [6, 6.07) is 25.3. The van der Waals surface area contributed by atoms with Crippen LogP contribution in [0.1, 0.15) is 26.3 Å². The van der Waals surface area contributed by atoms with Gasteiger partial charge in [-0.3, -0.25) is 0 Å². The van der Waals surface area contributed by atoms with Crippen LogP contribution >= 0.6 is 0 Å². The number of benzene rings is 3. The molecule has 192 valence electrons. The number of hydrogen-bond acceptors (Lipinski definition) is 9. The van der Waals surface area contributed by atoms with E-state index >= 15 is 0 Å². The van der Waals surface area contributed by atoms with Crippen LogP contribution < -0.4 is 0 Å². The lowest BCUT2D eigenvalue weighted by atomic mass is 9.98. The van der Waals surface area contributed by atoms with Crippen LogP contribution in [0.3, 0.4) is 0 Å². The predicted molar refractivity (Wildman–Crippen MR) is 129 cm³/mol. The topological polar surface area (TPSA) is 118 Å². The molecule has 0 aromatic heterocycles. The first-order valence-electron chi connectivity index (χ1n) is 11.6. The summed E-state index contributed by atoms with van der Waals surface area (Å²) >= 11 is 0. The second-order valence-electron chi connectivity index (χ2n) is 8.21. The molecule has 37 heavy (non-hydrogen) atoms. The molecular formula is C28H26O9. The van der Waals surface area contributed by atoms with E-state index in [2.05, 4.69) is 0 Å². The van der Waals surface area contributed by atoms with Gasteiger partial charge in [0.2, 0.25) is 0 Å². The van der Waals surface area contributed by atoms with Crippen molar-refractivity contribution in [2.75, 3.05) is 7.11 Å². The number of carbonyl (C=O) groups excluding carboxylic acids is 3. The molecule has 1 aliphatic heterocycles. The van der Waals surface area contributed by atoms with Crippen LogP contribution in [0.5, 0.6) is 0 Å². The fourth-order valence-electron chi connectivity index (χ4n) is 3.81. The van der Waals surface area contributed by atoms with Crippen molar-refractivity contribution in [3.8, 4) is 0 Å². The minimum Gasteiger partial charge on any atom is -0.467 e. The number of hydrogen-bond donors (Lipinski definition) is 1. The Bertz CT molecular complexity index is 1180. The number of aliphatic hydroxyl groups is 1. The Balaban J connectivity index is 1.66. The average molecular weight is 507 g/mol. The second kappa shape index (κ2) is 12.3. The molecule has 1 fully saturated rings. The van der Waals surface area contributed by atoms with Crippen molar-refractivity contribution >= 4 is 17.9 Å². The van der Waals surface area contributed by atoms with E-state index in [-0.39, 0.29) is 17.7 Å². The van der Waals surface area contributed by atoms with E-state index in [0.29, 0.717) is 0 Å². The third kappa shape index (κ3) is 6.39. The highest BCUT2D eigenvalue weighted by molar-refractivity contribution is 5.90. The van der Waals surface area contributed by atoms with E-state index in [1.165, 1.54) is 12.1 Å². The van der Waals surface area contributed by atoms with Crippen LogP contribution in [0, 0.1) is 0 Å². The van der Waals surface area contributed by atoms with Gasteiger partial charge in [0.05, 0.1) is 24.8 Å². The fourth-order valence-corrected chi connectivity index (χ4v) is 3.81. The van der Waals surface area contributed by atoms with Crippen molar-refractivity contribution < 1.29 is 43.2 Å². The molecule has 3 aromatic rings. The molecule has 1 aliphatic rings. The van der Waals surface area contributed by atoms with Gasteiger partial charge < -0.3 is 28.8 Å². The first-order chi connectivity index (χ1) is 18.0. The maximum atomic E-state index is 13.0. The zero-order valence-corrected chi connectivity index (χ0v) is 20.0. The van der Waals surface area contributed by atoms with E-state index in [9.17, 15) is 19.5 Å². The van der Waals surface area contributed by atoms with Gasteiger partial charge in [0.15, 0.2) is 24.6 Å². The Morgan fingerprint density at radius 2 is 1.24 bits per heavy atom. The largest absolute Gasteiger partial charge is 0.467 e. The molecular weight excluding hydrogens is 480 g/mol. The quantitative estimate of drug-likeness (QED) is 0.363. The molecule has 0 radical (unpaired) electrons. The van der Waals surface area contributed by atoms with E-state index in [4.69, 9.17) is 23.7 Å². The maximum absolute atomic E-state index is 13.0. The number of aliphatic hydroxyl groups excluding tert-OH is 1. The van der Waals surface area contributed by atoms with Crippen molar-refractivity contribution in [2.24, 2.45) is 0 Å². The minimum atomic E-state index is -1.72. The zero-order valence-electron chi connectivity index (χ0n) is 20.0. The Labute approximate surface area is 213 Å². The number of carbonyl (C=O) groups is 3. The Hall–Kier alpha value is -4.05. The summed E-state index contributed by atoms with van der Waals surface area (Å²) in [5.41, 5.74) is 1.20. The molecule has 0 bridgehead atoms. The lowest BCUT2D eigenvalue weighted by Gasteiger charge is -2.42. The smallest absolute Gasteiger partial charge is 0.338 e. The minimum absolute atomic E-state index is 0.0221. The SMILES string of the molecule is COC(=O)C1O[C@@H](OCc2ccccc2)C(OC(=O)c2ccccc2)[C@@H](OC(=O)c2ccccc2)[C@@H]1O. The first kappa shape index (κ1) is 26.0. The highest BCUT2D eigenvalue weighted by atomic mass is 16.7. The summed E-state index contributed by atoms with van der Waals surface area (Å²) in [4.78, 5) is 38.3. The van der Waals surface area contributed by atoms with Gasteiger partial charge in [-0.15, -0.1) is 0 Å². The van der Waals surface area contributed by atoms with E-state index in [0.717, 1.165) is 12.7 Å². The normalized spacial score (nSPS) is 23.0. The molecule has 3 aromatic carbocycles. The van der Waals surface area contributed by atoms with Crippen LogP contribution in [0.4, 0.5) is 0 Å². The Morgan fingerprint density at radius 1 is 0.757 bits per heavy atom. The molecule has 1 heterocycles. The number of methoxy groups -OCH3 is 1. The van der Waals surface area contributed by atoms with E-state index < -0.39 is 48.6 Å². The van der Waals surface area contributed by atoms with Crippen LogP contribution in [0.2, 0.25) is 0 Å². The molecule has 0 aliphatic carbocycles. The van der Waals surface area contributed by atoms with Gasteiger partial charge in [-0.05, 0) is 29.8 Å². The highest BCUT2D eigenvalue weighted by Gasteiger charge is 2.53. The van der Waals surface area contributed by atoms with Crippen molar-refractivity contribution in [2.45, 2.75) is 37.3 Å². The van der Waals surface area contributed by atoms with Gasteiger partial charge in [-0.25, -0.2) is 14.4 Å². The molecule has 9 nitrogen and oxygen atoms in total. The van der Waals surface area contributed by atoms with Gasteiger partial charge >= 0.3 is 17.9 Å². The van der Waals surface area contributed by atoms with Crippen LogP contribution in [0.25, 0.3) is 0 Å². The van der Waals surface area contributed by atoms with Gasteiger partial charge in [-0.1, -0.05) is 66.7 Å². The molecule has 4 rings (SSSR count). The summed E-state index contributed by atoms with van der Waals surface area (Å²) in [7, 11) is 1.13. The summed E-state index contributed by atoms with van der Waals surface area (Å²) in [5, 5.41) is 11.0. The summed E-state index contributed by atoms with van der Waals surface area (Å²) in [6.45, 7) is 0.0221. The van der Waals surface area contributed by atoms with Crippen molar-refractivity contribution in [1.29, 1.82) is 0 Å². The fraction of sp³-hybridized carbons (Fsp3) is 0.250.